The summed E-state index contributed by atoms with van der Waals surface area (Å²) in [7, 11) is 0. The first-order chi connectivity index (χ1) is 8.64. The van der Waals surface area contributed by atoms with Crippen molar-refractivity contribution in [2.24, 2.45) is 0 Å². The molecule has 102 valence electrons. The number of aliphatic carboxylic acids is 1. The summed E-state index contributed by atoms with van der Waals surface area (Å²) in [5, 5.41) is 19.1. The molecule has 1 aromatic rings. The number of rotatable bonds is 3. The molecule has 0 spiro atoms. The zero-order chi connectivity index (χ0) is 14.8. The molecule has 5 nitrogen and oxygen atoms in total. The normalized spacial score (nSPS) is 11.8. The van der Waals surface area contributed by atoms with Gasteiger partial charge in [0.25, 0.3) is 5.69 Å². The highest BCUT2D eigenvalue weighted by atomic mass is 79.9. The minimum atomic E-state index is -4.88. The fourth-order valence-electron chi connectivity index (χ4n) is 1.28. The molecule has 0 heterocycles. The number of benzene rings is 1. The molecule has 0 aliphatic heterocycles. The fourth-order valence-corrected chi connectivity index (χ4v) is 1.90. The monoisotopic (exact) mass is 339 g/mol. The first-order valence-electron chi connectivity index (χ1n) is 4.59. The Morgan fingerprint density at radius 1 is 1.42 bits per heavy atom. The molecule has 0 bridgehead atoms. The summed E-state index contributed by atoms with van der Waals surface area (Å²) in [6.45, 7) is 0. The van der Waals surface area contributed by atoms with E-state index in [0.29, 0.717) is 12.1 Å². The molecular weight excluding hydrogens is 335 g/mol. The van der Waals surface area contributed by atoms with Crippen LogP contribution in [-0.2, 0) is 11.0 Å². The number of carboxylic acid groups (broad SMARTS) is 1. The van der Waals surface area contributed by atoms with E-state index in [1.54, 1.807) is 0 Å². The summed E-state index contributed by atoms with van der Waals surface area (Å²) in [5.41, 5.74) is -2.60. The van der Waals surface area contributed by atoms with E-state index in [2.05, 4.69) is 15.9 Å². The summed E-state index contributed by atoms with van der Waals surface area (Å²) in [6.07, 6.45) is -3.25. The van der Waals surface area contributed by atoms with Gasteiger partial charge >= 0.3 is 12.1 Å². The van der Waals surface area contributed by atoms with E-state index in [4.69, 9.17) is 5.11 Å². The number of halogens is 4. The van der Waals surface area contributed by atoms with Gasteiger partial charge in [-0.15, -0.1) is 0 Å². The van der Waals surface area contributed by atoms with Crippen molar-refractivity contribution in [3.05, 3.63) is 43.9 Å². The van der Waals surface area contributed by atoms with Crippen molar-refractivity contribution < 1.29 is 28.0 Å². The number of alkyl halides is 3. The molecule has 0 saturated carbocycles. The molecule has 0 aromatic heterocycles. The number of carboxylic acids is 1. The van der Waals surface area contributed by atoms with Crippen LogP contribution in [0.1, 0.15) is 11.1 Å². The van der Waals surface area contributed by atoms with Gasteiger partial charge in [-0.25, -0.2) is 4.79 Å². The molecule has 0 atom stereocenters. The standard InChI is InChI=1S/C10H5BrF3NO4/c11-8-5(2-4-7(16)17)1-3-6(10(12,13)14)9(8)15(18)19/h1-4H,(H,16,17)/b4-2+. The lowest BCUT2D eigenvalue weighted by Crippen LogP contribution is -2.09. The molecule has 9 heteroatoms. The Hall–Kier alpha value is -1.90. The average molecular weight is 340 g/mol. The van der Waals surface area contributed by atoms with Crippen LogP contribution in [0.2, 0.25) is 0 Å². The largest absolute Gasteiger partial charge is 0.478 e. The van der Waals surface area contributed by atoms with Gasteiger partial charge in [-0.3, -0.25) is 10.1 Å². The number of hydrogen-bond acceptors (Lipinski definition) is 3. The highest BCUT2D eigenvalue weighted by molar-refractivity contribution is 9.10. The zero-order valence-electron chi connectivity index (χ0n) is 8.94. The van der Waals surface area contributed by atoms with Crippen LogP contribution in [0.15, 0.2) is 22.7 Å². The van der Waals surface area contributed by atoms with Gasteiger partial charge in [-0.1, -0.05) is 6.07 Å². The SMILES string of the molecule is O=C(O)/C=C/c1ccc(C(F)(F)F)c([N+](=O)[O-])c1Br. The third kappa shape index (κ3) is 3.53. The van der Waals surface area contributed by atoms with Gasteiger partial charge in [0.05, 0.1) is 4.92 Å². The first-order valence-corrected chi connectivity index (χ1v) is 5.39. The molecule has 0 aliphatic rings. The van der Waals surface area contributed by atoms with E-state index >= 15 is 0 Å². The number of nitro groups is 1. The van der Waals surface area contributed by atoms with Gasteiger partial charge in [-0.05, 0) is 33.6 Å². The first kappa shape index (κ1) is 15.2. The Labute approximate surface area is 112 Å². The average Bonchev–Trinajstić information content (AvgIpc) is 2.24. The van der Waals surface area contributed by atoms with E-state index in [9.17, 15) is 28.1 Å². The maximum Gasteiger partial charge on any atom is 0.423 e. The second kappa shape index (κ2) is 5.39. The molecule has 1 N–H and O–H groups in total. The van der Waals surface area contributed by atoms with Crippen molar-refractivity contribution in [2.75, 3.05) is 0 Å². The molecule has 0 radical (unpaired) electrons. The van der Waals surface area contributed by atoms with Crippen LogP contribution >= 0.6 is 15.9 Å². The molecule has 1 rings (SSSR count). The van der Waals surface area contributed by atoms with E-state index in [1.807, 2.05) is 0 Å². The van der Waals surface area contributed by atoms with Crippen molar-refractivity contribution >= 4 is 33.7 Å². The summed E-state index contributed by atoms with van der Waals surface area (Å²) >= 11 is 2.69. The Morgan fingerprint density at radius 3 is 2.42 bits per heavy atom. The molecule has 1 aromatic carbocycles. The minimum absolute atomic E-state index is 0.0397. The second-order valence-electron chi connectivity index (χ2n) is 3.29. The lowest BCUT2D eigenvalue weighted by atomic mass is 10.1. The van der Waals surface area contributed by atoms with Gasteiger partial charge in [0.2, 0.25) is 0 Å². The van der Waals surface area contributed by atoms with Crippen LogP contribution < -0.4 is 0 Å². The van der Waals surface area contributed by atoms with E-state index in [-0.39, 0.29) is 5.56 Å². The summed E-state index contributed by atoms with van der Waals surface area (Å²) in [6, 6.07) is 1.48. The lowest BCUT2D eigenvalue weighted by Gasteiger charge is -2.09. The van der Waals surface area contributed by atoms with Gasteiger partial charge in [0, 0.05) is 6.08 Å². The third-order valence-electron chi connectivity index (χ3n) is 2.04. The molecule has 0 amide bonds. The van der Waals surface area contributed by atoms with Crippen LogP contribution in [0.4, 0.5) is 18.9 Å². The van der Waals surface area contributed by atoms with E-state index in [0.717, 1.165) is 12.1 Å². The third-order valence-corrected chi connectivity index (χ3v) is 2.87. The van der Waals surface area contributed by atoms with Crippen molar-refractivity contribution in [2.45, 2.75) is 6.18 Å². The van der Waals surface area contributed by atoms with Crippen LogP contribution in [0.5, 0.6) is 0 Å². The summed E-state index contributed by atoms with van der Waals surface area (Å²) in [4.78, 5) is 19.9. The maximum absolute atomic E-state index is 12.6. The second-order valence-corrected chi connectivity index (χ2v) is 4.08. The number of hydrogen-bond donors (Lipinski definition) is 1. The predicted molar refractivity (Wildman–Crippen MR) is 62.5 cm³/mol. The van der Waals surface area contributed by atoms with Crippen LogP contribution in [0.3, 0.4) is 0 Å². The summed E-state index contributed by atoms with van der Waals surface area (Å²) < 4.78 is 37.4. The minimum Gasteiger partial charge on any atom is -0.478 e. The van der Waals surface area contributed by atoms with Gasteiger partial charge in [-0.2, -0.15) is 13.2 Å². The van der Waals surface area contributed by atoms with Crippen molar-refractivity contribution in [1.82, 2.24) is 0 Å². The van der Waals surface area contributed by atoms with Crippen LogP contribution in [0.25, 0.3) is 6.08 Å². The van der Waals surface area contributed by atoms with Gasteiger partial charge < -0.3 is 5.11 Å². The molecule has 0 unspecified atom stereocenters. The molecule has 0 saturated heterocycles. The number of carbonyl (C=O) groups is 1. The Kier molecular flexibility index (Phi) is 4.30. The van der Waals surface area contributed by atoms with Crippen LogP contribution in [0, 0.1) is 10.1 Å². The molecular formula is C10H5BrF3NO4. The zero-order valence-corrected chi connectivity index (χ0v) is 10.5. The summed E-state index contributed by atoms with van der Waals surface area (Å²) in [5.74, 6) is -1.32. The smallest absolute Gasteiger partial charge is 0.423 e. The Bertz CT molecular complexity index is 569. The Morgan fingerprint density at radius 2 is 2.00 bits per heavy atom. The van der Waals surface area contributed by atoms with Crippen molar-refractivity contribution in [3.63, 3.8) is 0 Å². The molecule has 0 fully saturated rings. The van der Waals surface area contributed by atoms with Gasteiger partial charge in [0.15, 0.2) is 0 Å². The quantitative estimate of drug-likeness (QED) is 0.519. The topological polar surface area (TPSA) is 80.4 Å². The highest BCUT2D eigenvalue weighted by Crippen LogP contribution is 2.41. The number of nitrogens with zero attached hydrogens (tertiary/aromatic N) is 1. The van der Waals surface area contributed by atoms with Crippen molar-refractivity contribution in [1.29, 1.82) is 0 Å². The number of nitro benzene ring substituents is 1. The lowest BCUT2D eigenvalue weighted by molar-refractivity contribution is -0.388. The molecule has 0 aliphatic carbocycles. The van der Waals surface area contributed by atoms with Crippen LogP contribution in [-0.4, -0.2) is 16.0 Å². The van der Waals surface area contributed by atoms with E-state index < -0.39 is 32.8 Å². The van der Waals surface area contributed by atoms with Crippen molar-refractivity contribution in [3.8, 4) is 0 Å². The van der Waals surface area contributed by atoms with Gasteiger partial charge in [0.1, 0.15) is 10.0 Å². The Balaban J connectivity index is 3.48. The highest BCUT2D eigenvalue weighted by Gasteiger charge is 2.40. The fraction of sp³-hybridized carbons (Fsp3) is 0.100. The molecule has 19 heavy (non-hydrogen) atoms. The predicted octanol–water partition coefficient (Wildman–Crippen LogP) is 3.47. The van der Waals surface area contributed by atoms with E-state index in [1.165, 1.54) is 0 Å². The maximum atomic E-state index is 12.6.